The topological polar surface area (TPSA) is 42.3 Å². The number of aromatic nitrogens is 2. The number of benzene rings is 1. The summed E-state index contributed by atoms with van der Waals surface area (Å²) in [7, 11) is 4.28. The quantitative estimate of drug-likeness (QED) is 0.937. The van der Waals surface area contributed by atoms with E-state index in [1.54, 1.807) is 0 Å². The molecule has 4 rings (SSSR count). The maximum absolute atomic E-state index is 6.21. The summed E-state index contributed by atoms with van der Waals surface area (Å²) in [5, 5.41) is 3.53. The zero-order valence-electron chi connectivity index (χ0n) is 15.2. The average Bonchev–Trinajstić information content (AvgIpc) is 3.05. The molecule has 2 aliphatic rings. The van der Waals surface area contributed by atoms with Crippen molar-refractivity contribution < 1.29 is 4.74 Å². The maximum atomic E-state index is 6.21. The summed E-state index contributed by atoms with van der Waals surface area (Å²) in [6, 6.07) is 4.22. The van der Waals surface area contributed by atoms with E-state index in [1.807, 2.05) is 0 Å². The summed E-state index contributed by atoms with van der Waals surface area (Å²) in [5.74, 6) is 3.34. The van der Waals surface area contributed by atoms with E-state index in [2.05, 4.69) is 54.9 Å². The number of hydrogen-bond donors (Lipinski definition) is 1. The van der Waals surface area contributed by atoms with Gasteiger partial charge in [-0.15, -0.1) is 0 Å². The number of nitrogens with zero attached hydrogens (tertiary/aromatic N) is 3. The van der Waals surface area contributed by atoms with Crippen LogP contribution < -0.4 is 10.1 Å². The summed E-state index contributed by atoms with van der Waals surface area (Å²) >= 11 is 0. The van der Waals surface area contributed by atoms with Gasteiger partial charge in [0.2, 0.25) is 5.95 Å². The van der Waals surface area contributed by atoms with E-state index in [1.165, 1.54) is 11.1 Å². The Labute approximate surface area is 144 Å². The van der Waals surface area contributed by atoms with Crippen LogP contribution in [0, 0.1) is 11.8 Å². The molecule has 24 heavy (non-hydrogen) atoms. The van der Waals surface area contributed by atoms with Crippen LogP contribution in [0.1, 0.15) is 25.8 Å². The molecule has 0 saturated heterocycles. The number of rotatable bonds is 4. The molecule has 1 N–H and O–H groups in total. The molecule has 0 aliphatic carbocycles. The minimum absolute atomic E-state index is 0.311. The zero-order chi connectivity index (χ0) is 16.8. The van der Waals surface area contributed by atoms with Gasteiger partial charge in [-0.1, -0.05) is 13.8 Å². The Balaban J connectivity index is 1.69. The lowest BCUT2D eigenvalue weighted by Crippen LogP contribution is -2.34. The molecule has 3 heterocycles. The summed E-state index contributed by atoms with van der Waals surface area (Å²) in [6.07, 6.45) is 2.43. The van der Waals surface area contributed by atoms with Crippen LogP contribution >= 0.6 is 0 Å². The Kier molecular flexibility index (Phi) is 3.91. The molecule has 0 fully saturated rings. The molecule has 0 spiro atoms. The van der Waals surface area contributed by atoms with Crippen LogP contribution in [0.15, 0.2) is 12.1 Å². The van der Waals surface area contributed by atoms with Gasteiger partial charge in [0.25, 0.3) is 0 Å². The van der Waals surface area contributed by atoms with Crippen molar-refractivity contribution in [2.45, 2.75) is 39.3 Å². The monoisotopic (exact) mass is 328 g/mol. The first-order valence-electron chi connectivity index (χ1n) is 9.08. The molecule has 0 bridgehead atoms. The number of imidazole rings is 1. The van der Waals surface area contributed by atoms with Gasteiger partial charge < -0.3 is 19.5 Å². The zero-order valence-corrected chi connectivity index (χ0v) is 15.2. The molecule has 1 aromatic heterocycles. The van der Waals surface area contributed by atoms with Crippen LogP contribution in [-0.2, 0) is 13.0 Å². The van der Waals surface area contributed by atoms with Crippen LogP contribution in [0.2, 0.25) is 0 Å². The number of hydrogen-bond acceptors (Lipinski definition) is 4. The second-order valence-corrected chi connectivity index (χ2v) is 8.04. The lowest BCUT2D eigenvalue weighted by atomic mass is 10.0. The third kappa shape index (κ3) is 2.75. The predicted octanol–water partition coefficient (Wildman–Crippen LogP) is 2.99. The van der Waals surface area contributed by atoms with Crippen LogP contribution in [0.25, 0.3) is 11.0 Å². The maximum Gasteiger partial charge on any atom is 0.203 e. The average molecular weight is 328 g/mol. The van der Waals surface area contributed by atoms with E-state index in [0.29, 0.717) is 17.9 Å². The fourth-order valence-corrected chi connectivity index (χ4v) is 4.20. The smallest absolute Gasteiger partial charge is 0.203 e. The van der Waals surface area contributed by atoms with Crippen molar-refractivity contribution in [3.05, 3.63) is 17.7 Å². The predicted molar refractivity (Wildman–Crippen MR) is 97.8 cm³/mol. The third-order valence-corrected chi connectivity index (χ3v) is 5.04. The van der Waals surface area contributed by atoms with Gasteiger partial charge in [-0.25, -0.2) is 4.98 Å². The van der Waals surface area contributed by atoms with Crippen molar-refractivity contribution in [3.63, 3.8) is 0 Å². The van der Waals surface area contributed by atoms with Gasteiger partial charge in [0.1, 0.15) is 11.9 Å². The first-order chi connectivity index (χ1) is 11.5. The first kappa shape index (κ1) is 15.8. The van der Waals surface area contributed by atoms with E-state index in [4.69, 9.17) is 9.72 Å². The van der Waals surface area contributed by atoms with Gasteiger partial charge >= 0.3 is 0 Å². The second kappa shape index (κ2) is 5.96. The highest BCUT2D eigenvalue weighted by molar-refractivity contribution is 5.85. The fourth-order valence-electron chi connectivity index (χ4n) is 4.20. The third-order valence-electron chi connectivity index (χ3n) is 5.04. The van der Waals surface area contributed by atoms with E-state index in [9.17, 15) is 0 Å². The largest absolute Gasteiger partial charge is 0.490 e. The van der Waals surface area contributed by atoms with Gasteiger partial charge in [0.05, 0.1) is 11.0 Å². The summed E-state index contributed by atoms with van der Waals surface area (Å²) in [6.45, 7) is 7.64. The molecule has 5 nitrogen and oxygen atoms in total. The number of fused-ring (bicyclic) bond motifs is 5. The molecule has 0 saturated carbocycles. The van der Waals surface area contributed by atoms with Crippen LogP contribution in [0.5, 0.6) is 5.75 Å². The fraction of sp³-hybridized carbons (Fsp3) is 0.632. The molecule has 0 amide bonds. The van der Waals surface area contributed by atoms with Crippen molar-refractivity contribution >= 4 is 17.0 Å². The van der Waals surface area contributed by atoms with Crippen molar-refractivity contribution in [1.82, 2.24) is 14.5 Å². The van der Waals surface area contributed by atoms with Gasteiger partial charge in [-0.2, -0.15) is 0 Å². The van der Waals surface area contributed by atoms with E-state index < -0.39 is 0 Å². The SMILES string of the molecule is CC(C)CC1Cc2c(ccc3nc4n(c23)CC(CN(C)C)CN4)O1. The highest BCUT2D eigenvalue weighted by atomic mass is 16.5. The molecular formula is C19H28N4O. The van der Waals surface area contributed by atoms with Crippen LogP contribution in [0.3, 0.4) is 0 Å². The Morgan fingerprint density at radius 3 is 2.96 bits per heavy atom. The molecule has 1 aromatic carbocycles. The lowest BCUT2D eigenvalue weighted by molar-refractivity contribution is 0.202. The van der Waals surface area contributed by atoms with Crippen molar-refractivity contribution in [3.8, 4) is 5.75 Å². The second-order valence-electron chi connectivity index (χ2n) is 8.04. The summed E-state index contributed by atoms with van der Waals surface area (Å²) in [5.41, 5.74) is 3.73. The molecule has 0 radical (unpaired) electrons. The molecule has 2 unspecified atom stereocenters. The Morgan fingerprint density at radius 1 is 1.38 bits per heavy atom. The Hall–Kier alpha value is -1.75. The van der Waals surface area contributed by atoms with Gasteiger partial charge in [0.15, 0.2) is 0 Å². The Bertz CT molecular complexity index is 749. The highest BCUT2D eigenvalue weighted by Crippen LogP contribution is 2.38. The first-order valence-corrected chi connectivity index (χ1v) is 9.08. The molecule has 5 heteroatoms. The number of anilines is 1. The standard InChI is InChI=1S/C19H28N4O/c1-12(2)7-14-8-15-17(24-14)6-5-16-18(15)23-11-13(10-22(3)4)9-20-19(23)21-16/h5-6,12-14H,7-11H2,1-4H3,(H,20,21). The van der Waals surface area contributed by atoms with E-state index >= 15 is 0 Å². The molecule has 2 aliphatic heterocycles. The minimum atomic E-state index is 0.311. The van der Waals surface area contributed by atoms with Gasteiger partial charge in [0, 0.05) is 37.5 Å². The van der Waals surface area contributed by atoms with Crippen molar-refractivity contribution in [2.24, 2.45) is 11.8 Å². The molecular weight excluding hydrogens is 300 g/mol. The number of nitrogens with one attached hydrogen (secondary N) is 1. The highest BCUT2D eigenvalue weighted by Gasteiger charge is 2.30. The van der Waals surface area contributed by atoms with Crippen LogP contribution in [-0.4, -0.2) is 47.7 Å². The molecule has 2 aromatic rings. The molecule has 130 valence electrons. The Morgan fingerprint density at radius 2 is 2.21 bits per heavy atom. The van der Waals surface area contributed by atoms with E-state index in [-0.39, 0.29) is 0 Å². The lowest BCUT2D eigenvalue weighted by Gasteiger charge is -2.27. The van der Waals surface area contributed by atoms with Crippen molar-refractivity contribution in [1.29, 1.82) is 0 Å². The van der Waals surface area contributed by atoms with Crippen LogP contribution in [0.4, 0.5) is 5.95 Å². The molecule has 2 atom stereocenters. The van der Waals surface area contributed by atoms with E-state index in [0.717, 1.165) is 49.7 Å². The summed E-state index contributed by atoms with van der Waals surface area (Å²) in [4.78, 5) is 7.08. The van der Waals surface area contributed by atoms with Crippen molar-refractivity contribution in [2.75, 3.05) is 32.5 Å². The van der Waals surface area contributed by atoms with Gasteiger partial charge in [-0.3, -0.25) is 0 Å². The normalized spacial score (nSPS) is 22.6. The minimum Gasteiger partial charge on any atom is -0.490 e. The van der Waals surface area contributed by atoms with Gasteiger partial charge in [-0.05, 0) is 38.6 Å². The number of ether oxygens (including phenoxy) is 1. The summed E-state index contributed by atoms with van der Waals surface area (Å²) < 4.78 is 8.59.